The highest BCUT2D eigenvalue weighted by atomic mass is 35.5. The molecule has 1 N–H and O–H groups in total. The summed E-state index contributed by atoms with van der Waals surface area (Å²) in [5.41, 5.74) is -0.212. The molecular formula is C28H34ClF2N5O5. The zero-order valence-electron chi connectivity index (χ0n) is 23.3. The van der Waals surface area contributed by atoms with Crippen LogP contribution in [0.4, 0.5) is 8.78 Å². The molecule has 2 amide bonds. The predicted octanol–water partition coefficient (Wildman–Crippen LogP) is 4.17. The normalized spacial score (nSPS) is 26.1. The van der Waals surface area contributed by atoms with Crippen molar-refractivity contribution < 1.29 is 33.0 Å². The third-order valence-corrected chi connectivity index (χ3v) is 9.27. The second-order valence-electron chi connectivity index (χ2n) is 11.6. The number of carboxylic acid groups (broad SMARTS) is 1. The molecule has 0 radical (unpaired) electrons. The number of nitrogens with zero attached hydrogens (tertiary/aromatic N) is 5. The molecule has 222 valence electrons. The minimum Gasteiger partial charge on any atom is -0.487 e. The number of alkyl halides is 2. The number of ether oxygens (including phenoxy) is 1. The summed E-state index contributed by atoms with van der Waals surface area (Å²) in [5, 5.41) is 18.0. The summed E-state index contributed by atoms with van der Waals surface area (Å²) in [6, 6.07) is 2.63. The van der Waals surface area contributed by atoms with E-state index in [1.165, 1.54) is 7.05 Å². The number of carbonyl (C=O) groups is 3. The molecule has 2 aliphatic heterocycles. The van der Waals surface area contributed by atoms with Crippen molar-refractivity contribution in [2.45, 2.75) is 65.0 Å². The van der Waals surface area contributed by atoms with E-state index in [0.717, 1.165) is 10.2 Å². The Morgan fingerprint density at radius 2 is 2.07 bits per heavy atom. The first-order chi connectivity index (χ1) is 19.4. The molecule has 10 nitrogen and oxygen atoms in total. The van der Waals surface area contributed by atoms with Crippen molar-refractivity contribution in [2.75, 3.05) is 19.6 Å². The molecule has 2 fully saturated rings. The van der Waals surface area contributed by atoms with Crippen LogP contribution in [0.1, 0.15) is 74.5 Å². The minimum atomic E-state index is -2.80. The Kier molecular flexibility index (Phi) is 7.97. The smallest absolute Gasteiger partial charge is 0.310 e. The van der Waals surface area contributed by atoms with Gasteiger partial charge in [-0.3, -0.25) is 14.4 Å². The fourth-order valence-corrected chi connectivity index (χ4v) is 6.92. The van der Waals surface area contributed by atoms with Crippen LogP contribution in [-0.4, -0.2) is 67.3 Å². The van der Waals surface area contributed by atoms with Gasteiger partial charge in [-0.1, -0.05) is 30.2 Å². The van der Waals surface area contributed by atoms with Gasteiger partial charge in [-0.15, -0.1) is 5.10 Å². The van der Waals surface area contributed by atoms with E-state index in [-0.39, 0.29) is 42.3 Å². The van der Waals surface area contributed by atoms with Crippen molar-refractivity contribution in [3.8, 4) is 5.75 Å². The number of aromatic nitrogens is 3. The highest BCUT2D eigenvalue weighted by molar-refractivity contribution is 6.31. The largest absolute Gasteiger partial charge is 0.487 e. The second kappa shape index (κ2) is 11.2. The van der Waals surface area contributed by atoms with E-state index < -0.39 is 29.8 Å². The van der Waals surface area contributed by atoms with Crippen LogP contribution >= 0.6 is 11.6 Å². The highest BCUT2D eigenvalue weighted by Gasteiger charge is 2.51. The van der Waals surface area contributed by atoms with Crippen LogP contribution < -0.4 is 4.74 Å². The molecule has 1 saturated carbocycles. The summed E-state index contributed by atoms with van der Waals surface area (Å²) in [5.74, 6) is -1.53. The Bertz CT molecular complexity index is 1370. The third kappa shape index (κ3) is 5.26. The monoisotopic (exact) mass is 593 g/mol. The number of carbonyl (C=O) groups excluding carboxylic acids is 2. The third-order valence-electron chi connectivity index (χ3n) is 8.92. The lowest BCUT2D eigenvalue weighted by Crippen LogP contribution is -2.50. The Hall–Kier alpha value is -3.28. The minimum absolute atomic E-state index is 0.0155. The lowest BCUT2D eigenvalue weighted by molar-refractivity contribution is -0.157. The molecule has 0 bridgehead atoms. The van der Waals surface area contributed by atoms with Crippen LogP contribution in [0.3, 0.4) is 0 Å². The predicted molar refractivity (Wildman–Crippen MR) is 143 cm³/mol. The average Bonchev–Trinajstić information content (AvgIpc) is 3.59. The summed E-state index contributed by atoms with van der Waals surface area (Å²) in [6.45, 7) is 4.32. The van der Waals surface area contributed by atoms with Crippen molar-refractivity contribution in [2.24, 2.45) is 24.3 Å². The van der Waals surface area contributed by atoms with Gasteiger partial charge in [0.2, 0.25) is 11.8 Å². The lowest BCUT2D eigenvalue weighted by atomic mass is 9.78. The number of fused-ring (bicyclic) bond motifs is 1. The van der Waals surface area contributed by atoms with Gasteiger partial charge in [0.05, 0.1) is 17.4 Å². The number of carboxylic acids is 1. The Morgan fingerprint density at radius 3 is 2.73 bits per heavy atom. The van der Waals surface area contributed by atoms with Gasteiger partial charge in [0.1, 0.15) is 23.7 Å². The Labute approximate surface area is 241 Å². The number of benzene rings is 1. The number of likely N-dealkylation sites (tertiary alicyclic amines) is 1. The molecule has 1 saturated heterocycles. The van der Waals surface area contributed by atoms with Gasteiger partial charge in [-0.2, -0.15) is 0 Å². The summed E-state index contributed by atoms with van der Waals surface area (Å²) >= 11 is 6.63. The molecule has 1 aromatic carbocycles. The number of hydrogen-bond donors (Lipinski definition) is 1. The molecule has 1 aliphatic carbocycles. The van der Waals surface area contributed by atoms with Crippen molar-refractivity contribution in [3.05, 3.63) is 39.7 Å². The van der Waals surface area contributed by atoms with Crippen LogP contribution in [0.15, 0.2) is 12.1 Å². The zero-order chi connectivity index (χ0) is 29.6. The zero-order valence-corrected chi connectivity index (χ0v) is 24.0. The first kappa shape index (κ1) is 29.2. The molecule has 0 spiro atoms. The van der Waals surface area contributed by atoms with Gasteiger partial charge in [0, 0.05) is 43.7 Å². The summed E-state index contributed by atoms with van der Waals surface area (Å²) in [4.78, 5) is 42.6. The number of aryl methyl sites for hydroxylation is 1. The van der Waals surface area contributed by atoms with Gasteiger partial charge < -0.3 is 19.6 Å². The van der Waals surface area contributed by atoms with Crippen molar-refractivity contribution in [3.63, 3.8) is 0 Å². The van der Waals surface area contributed by atoms with Crippen molar-refractivity contribution in [1.82, 2.24) is 24.8 Å². The first-order valence-electron chi connectivity index (χ1n) is 13.8. The first-order valence-corrected chi connectivity index (χ1v) is 14.2. The van der Waals surface area contributed by atoms with Gasteiger partial charge in [-0.05, 0) is 49.8 Å². The van der Waals surface area contributed by atoms with E-state index >= 15 is 0 Å². The highest BCUT2D eigenvalue weighted by Crippen LogP contribution is 2.47. The maximum absolute atomic E-state index is 14.1. The average molecular weight is 594 g/mol. The molecule has 2 aromatic rings. The Balaban J connectivity index is 1.54. The van der Waals surface area contributed by atoms with E-state index in [9.17, 15) is 28.3 Å². The summed E-state index contributed by atoms with van der Waals surface area (Å²) in [7, 11) is 1.38. The second-order valence-corrected chi connectivity index (χ2v) is 12.1. The lowest BCUT2D eigenvalue weighted by Gasteiger charge is -2.42. The van der Waals surface area contributed by atoms with Crippen molar-refractivity contribution in [1.29, 1.82) is 0 Å². The number of halogens is 3. The molecule has 5 rings (SSSR count). The van der Waals surface area contributed by atoms with Crippen LogP contribution in [0.5, 0.6) is 5.75 Å². The standard InChI is InChI=1S/C28H34ClF2N5O5/c1-15-11-22(37)35(12-15)13-20-23-16(8-10-36(20)26(38)17-5-4-9-28(17,2)27(39)40)18(29)6-7-21(23)41-14-19-24(25(30)31)34(3)33-32-19/h6-7,15,17,20,25H,4-5,8-14H2,1-3H3,(H,39,40)/t15?,17-,20+,28-/m0/s1. The SMILES string of the molecule is CC1CC(=O)N(C[C@@H]2c3c(OCc4nnn(C)c4C(F)F)ccc(Cl)c3CCN2C(=O)[C@@H]2CCC[C@]2(C)C(=O)O)C1. The quantitative estimate of drug-likeness (QED) is 0.488. The van der Waals surface area contributed by atoms with Gasteiger partial charge >= 0.3 is 5.97 Å². The van der Waals surface area contributed by atoms with E-state index in [4.69, 9.17) is 16.3 Å². The number of rotatable bonds is 8. The molecule has 3 aliphatic rings. The summed E-state index contributed by atoms with van der Waals surface area (Å²) in [6.07, 6.45) is -0.523. The maximum Gasteiger partial charge on any atom is 0.310 e. The van der Waals surface area contributed by atoms with Crippen LogP contribution in [0.2, 0.25) is 5.02 Å². The molecular weight excluding hydrogens is 560 g/mol. The molecule has 1 aromatic heterocycles. The molecule has 41 heavy (non-hydrogen) atoms. The summed E-state index contributed by atoms with van der Waals surface area (Å²) < 4.78 is 34.4. The van der Waals surface area contributed by atoms with E-state index in [1.54, 1.807) is 28.9 Å². The van der Waals surface area contributed by atoms with Gasteiger partial charge in [-0.25, -0.2) is 13.5 Å². The van der Waals surface area contributed by atoms with E-state index in [2.05, 4.69) is 10.3 Å². The fourth-order valence-electron chi connectivity index (χ4n) is 6.66. The topological polar surface area (TPSA) is 118 Å². The Morgan fingerprint density at radius 1 is 1.32 bits per heavy atom. The van der Waals surface area contributed by atoms with Gasteiger partial charge in [0.15, 0.2) is 0 Å². The van der Waals surface area contributed by atoms with Gasteiger partial charge in [0.25, 0.3) is 6.43 Å². The van der Waals surface area contributed by atoms with Crippen LogP contribution in [0, 0.1) is 17.3 Å². The van der Waals surface area contributed by atoms with Crippen molar-refractivity contribution >= 4 is 29.4 Å². The van der Waals surface area contributed by atoms with E-state index in [1.807, 2.05) is 6.92 Å². The molecule has 4 atom stereocenters. The number of hydrogen-bond acceptors (Lipinski definition) is 6. The number of aliphatic carboxylic acids is 1. The maximum atomic E-state index is 14.1. The molecule has 13 heteroatoms. The number of amides is 2. The molecule has 3 heterocycles. The van der Waals surface area contributed by atoms with E-state index in [0.29, 0.717) is 61.5 Å². The molecule has 1 unspecified atom stereocenters. The van der Waals surface area contributed by atoms with Crippen LogP contribution in [-0.2, 0) is 34.5 Å². The van der Waals surface area contributed by atoms with Crippen LogP contribution in [0.25, 0.3) is 0 Å². The fraction of sp³-hybridized carbons (Fsp3) is 0.607.